The zero-order valence-corrected chi connectivity index (χ0v) is 11.0. The second kappa shape index (κ2) is 5.02. The molecule has 98 valence electrons. The molecule has 1 aliphatic heterocycles. The van der Waals surface area contributed by atoms with E-state index in [2.05, 4.69) is 5.32 Å². The summed E-state index contributed by atoms with van der Waals surface area (Å²) >= 11 is 0. The first-order valence-electron chi connectivity index (χ1n) is 6.64. The summed E-state index contributed by atoms with van der Waals surface area (Å²) in [6, 6.07) is 11.6. The number of hydrogen-bond acceptors (Lipinski definition) is 3. The molecule has 0 aromatic heterocycles. The lowest BCUT2D eigenvalue weighted by molar-refractivity contribution is 0.0954. The van der Waals surface area contributed by atoms with E-state index < -0.39 is 0 Å². The van der Waals surface area contributed by atoms with E-state index in [0.717, 1.165) is 41.5 Å². The number of rotatable bonds is 3. The van der Waals surface area contributed by atoms with Crippen molar-refractivity contribution < 1.29 is 9.53 Å². The molecule has 3 rings (SSSR count). The third-order valence-electron chi connectivity index (χ3n) is 3.75. The number of carbonyl (C=O) groups excluding carboxylic acids is 1. The Morgan fingerprint density at radius 3 is 2.68 bits per heavy atom. The number of nitrogens with one attached hydrogen (secondary N) is 1. The van der Waals surface area contributed by atoms with Gasteiger partial charge in [0.2, 0.25) is 0 Å². The summed E-state index contributed by atoms with van der Waals surface area (Å²) in [5.41, 5.74) is 0.788. The average Bonchev–Trinajstić information content (AvgIpc) is 2.99. The van der Waals surface area contributed by atoms with Crippen molar-refractivity contribution in [3.05, 3.63) is 42.0 Å². The van der Waals surface area contributed by atoms with Crippen LogP contribution in [0.4, 0.5) is 0 Å². The Hall–Kier alpha value is -1.87. The zero-order valence-electron chi connectivity index (χ0n) is 11.0. The molecule has 19 heavy (non-hydrogen) atoms. The fraction of sp³-hybridized carbons (Fsp3) is 0.312. The van der Waals surface area contributed by atoms with E-state index in [4.69, 9.17) is 4.74 Å². The van der Waals surface area contributed by atoms with Crippen LogP contribution in [0, 0.1) is 0 Å². The maximum atomic E-state index is 12.6. The Morgan fingerprint density at radius 1 is 1.21 bits per heavy atom. The van der Waals surface area contributed by atoms with Crippen molar-refractivity contribution in [1.82, 2.24) is 5.32 Å². The summed E-state index contributed by atoms with van der Waals surface area (Å²) in [5.74, 6) is 1.00. The molecule has 0 radical (unpaired) electrons. The Balaban J connectivity index is 2.11. The summed E-state index contributed by atoms with van der Waals surface area (Å²) in [6.07, 6.45) is 2.00. The number of ketones is 1. The zero-order chi connectivity index (χ0) is 13.2. The van der Waals surface area contributed by atoms with E-state index in [1.807, 2.05) is 36.4 Å². The summed E-state index contributed by atoms with van der Waals surface area (Å²) in [7, 11) is 1.65. The minimum atomic E-state index is -0.0307. The van der Waals surface area contributed by atoms with E-state index >= 15 is 0 Å². The number of methoxy groups -OCH3 is 1. The molecule has 1 unspecified atom stereocenters. The smallest absolute Gasteiger partial charge is 0.180 e. The largest absolute Gasteiger partial charge is 0.496 e. The van der Waals surface area contributed by atoms with Crippen LogP contribution in [-0.2, 0) is 0 Å². The lowest BCUT2D eigenvalue weighted by atomic mass is 9.96. The Bertz CT molecular complexity index is 615. The fourth-order valence-electron chi connectivity index (χ4n) is 2.76. The van der Waals surface area contributed by atoms with Gasteiger partial charge in [0.05, 0.1) is 13.2 Å². The molecule has 2 aromatic carbocycles. The molecule has 0 amide bonds. The molecule has 1 aliphatic rings. The van der Waals surface area contributed by atoms with Crippen molar-refractivity contribution >= 4 is 16.6 Å². The molecule has 0 aliphatic carbocycles. The molecule has 3 nitrogen and oxygen atoms in total. The van der Waals surface area contributed by atoms with Crippen LogP contribution >= 0.6 is 0 Å². The van der Waals surface area contributed by atoms with Crippen LogP contribution in [0.2, 0.25) is 0 Å². The van der Waals surface area contributed by atoms with Crippen LogP contribution < -0.4 is 10.1 Å². The number of fused-ring (bicyclic) bond motifs is 1. The summed E-state index contributed by atoms with van der Waals surface area (Å²) < 4.78 is 5.36. The van der Waals surface area contributed by atoms with Crippen LogP contribution in [0.3, 0.4) is 0 Å². The second-order valence-electron chi connectivity index (χ2n) is 4.87. The van der Waals surface area contributed by atoms with Gasteiger partial charge in [-0.2, -0.15) is 0 Å². The van der Waals surface area contributed by atoms with Crippen LogP contribution in [0.1, 0.15) is 23.2 Å². The van der Waals surface area contributed by atoms with Crippen molar-refractivity contribution in [2.24, 2.45) is 0 Å². The van der Waals surface area contributed by atoms with E-state index in [9.17, 15) is 4.79 Å². The van der Waals surface area contributed by atoms with E-state index in [1.165, 1.54) is 0 Å². The molecular weight excluding hydrogens is 238 g/mol. The molecule has 1 saturated heterocycles. The summed E-state index contributed by atoms with van der Waals surface area (Å²) in [6.45, 7) is 0.935. The van der Waals surface area contributed by atoms with Crippen LogP contribution in [0.15, 0.2) is 36.4 Å². The lowest BCUT2D eigenvalue weighted by Crippen LogP contribution is -2.30. The number of Topliss-reactive ketones (excluding diaryl/α,β-unsaturated/α-hetero) is 1. The van der Waals surface area contributed by atoms with Gasteiger partial charge in [-0.05, 0) is 36.9 Å². The summed E-state index contributed by atoms with van der Waals surface area (Å²) in [4.78, 5) is 12.6. The van der Waals surface area contributed by atoms with Crippen molar-refractivity contribution in [2.75, 3.05) is 13.7 Å². The van der Waals surface area contributed by atoms with Crippen LogP contribution in [-0.4, -0.2) is 25.5 Å². The molecule has 1 N–H and O–H groups in total. The quantitative estimate of drug-likeness (QED) is 0.857. The van der Waals surface area contributed by atoms with Gasteiger partial charge in [-0.1, -0.05) is 24.3 Å². The number of ether oxygens (including phenoxy) is 1. The highest BCUT2D eigenvalue weighted by Crippen LogP contribution is 2.29. The van der Waals surface area contributed by atoms with E-state index in [-0.39, 0.29) is 11.8 Å². The lowest BCUT2D eigenvalue weighted by Gasteiger charge is -2.13. The van der Waals surface area contributed by atoms with Gasteiger partial charge in [0.15, 0.2) is 5.78 Å². The molecule has 0 spiro atoms. The highest BCUT2D eigenvalue weighted by molar-refractivity contribution is 6.11. The predicted molar refractivity (Wildman–Crippen MR) is 75.9 cm³/mol. The molecule has 3 heteroatoms. The minimum absolute atomic E-state index is 0.0307. The van der Waals surface area contributed by atoms with Gasteiger partial charge in [-0.15, -0.1) is 0 Å². The molecule has 1 atom stereocenters. The van der Waals surface area contributed by atoms with Gasteiger partial charge in [-0.3, -0.25) is 4.79 Å². The third kappa shape index (κ3) is 2.10. The third-order valence-corrected chi connectivity index (χ3v) is 3.75. The fourth-order valence-corrected chi connectivity index (χ4v) is 2.76. The topological polar surface area (TPSA) is 38.3 Å². The van der Waals surface area contributed by atoms with Gasteiger partial charge in [-0.25, -0.2) is 0 Å². The Kier molecular flexibility index (Phi) is 3.22. The minimum Gasteiger partial charge on any atom is -0.496 e. The van der Waals surface area contributed by atoms with Gasteiger partial charge < -0.3 is 10.1 Å². The van der Waals surface area contributed by atoms with Crippen LogP contribution in [0.5, 0.6) is 5.75 Å². The Labute approximate surface area is 112 Å². The SMILES string of the molecule is COc1ccc(C(=O)C2CCCN2)c2ccccc12. The second-order valence-corrected chi connectivity index (χ2v) is 4.87. The van der Waals surface area contributed by atoms with Gasteiger partial charge >= 0.3 is 0 Å². The van der Waals surface area contributed by atoms with Gasteiger partial charge in [0, 0.05) is 10.9 Å². The van der Waals surface area contributed by atoms with Crippen molar-refractivity contribution in [3.63, 3.8) is 0 Å². The number of carbonyl (C=O) groups is 1. The van der Waals surface area contributed by atoms with E-state index in [0.29, 0.717) is 0 Å². The summed E-state index contributed by atoms with van der Waals surface area (Å²) in [5, 5.41) is 5.23. The highest BCUT2D eigenvalue weighted by Gasteiger charge is 2.24. The molecule has 0 bridgehead atoms. The molecule has 2 aromatic rings. The van der Waals surface area contributed by atoms with Crippen molar-refractivity contribution in [1.29, 1.82) is 0 Å². The van der Waals surface area contributed by atoms with Crippen molar-refractivity contribution in [2.45, 2.75) is 18.9 Å². The van der Waals surface area contributed by atoms with Crippen LogP contribution in [0.25, 0.3) is 10.8 Å². The van der Waals surface area contributed by atoms with Gasteiger partial charge in [0.25, 0.3) is 0 Å². The number of hydrogen-bond donors (Lipinski definition) is 1. The maximum absolute atomic E-state index is 12.6. The standard InChI is InChI=1S/C16H17NO2/c1-19-15-9-8-13(11-5-2-3-6-12(11)15)16(18)14-7-4-10-17-14/h2-3,5-6,8-9,14,17H,4,7,10H2,1H3. The number of benzene rings is 2. The Morgan fingerprint density at radius 2 is 2.00 bits per heavy atom. The molecule has 1 fully saturated rings. The molecule has 0 saturated carbocycles. The first kappa shape index (κ1) is 12.2. The normalized spacial score (nSPS) is 18.7. The maximum Gasteiger partial charge on any atom is 0.180 e. The first-order valence-corrected chi connectivity index (χ1v) is 6.64. The molecule has 1 heterocycles. The van der Waals surface area contributed by atoms with Crippen molar-refractivity contribution in [3.8, 4) is 5.75 Å². The average molecular weight is 255 g/mol. The first-order chi connectivity index (χ1) is 9.31. The van der Waals surface area contributed by atoms with E-state index in [1.54, 1.807) is 7.11 Å². The highest BCUT2D eigenvalue weighted by atomic mass is 16.5. The molecular formula is C16H17NO2. The predicted octanol–water partition coefficient (Wildman–Crippen LogP) is 2.78. The monoisotopic (exact) mass is 255 g/mol. The van der Waals surface area contributed by atoms with Gasteiger partial charge in [0.1, 0.15) is 5.75 Å².